The standard InChI is InChI=1S/C18H28N2O3.Na.H/c1-13(2)11-15-7-5-14(6-8-15)9-10-17(21)19-16(18(22)23)12-20(3)4;;/h5-8,13,16H,9-12H2,1-4H3,(H,19,21)(H,22,23);;/q;+1;-1. The molecule has 1 rings (SSSR count). The van der Waals surface area contributed by atoms with Gasteiger partial charge in [-0.1, -0.05) is 38.1 Å². The van der Waals surface area contributed by atoms with E-state index in [0.717, 1.165) is 12.0 Å². The van der Waals surface area contributed by atoms with Crippen molar-refractivity contribution < 1.29 is 45.7 Å². The largest absolute Gasteiger partial charge is 1.00 e. The molecule has 5 nitrogen and oxygen atoms in total. The number of amides is 1. The van der Waals surface area contributed by atoms with E-state index in [9.17, 15) is 9.59 Å². The first-order chi connectivity index (χ1) is 10.8. The van der Waals surface area contributed by atoms with Gasteiger partial charge in [0.05, 0.1) is 0 Å². The SMILES string of the molecule is CC(C)Cc1ccc(CCC(=O)NC(CN(C)C)C(=O)O)cc1.[H-].[Na+]. The molecule has 1 amide bonds. The van der Waals surface area contributed by atoms with Gasteiger partial charge in [0.1, 0.15) is 6.04 Å². The first-order valence-corrected chi connectivity index (χ1v) is 8.02. The fraction of sp³-hybridized carbons (Fsp3) is 0.556. The van der Waals surface area contributed by atoms with Gasteiger partial charge in [-0.15, -0.1) is 0 Å². The molecule has 24 heavy (non-hydrogen) atoms. The number of hydrogen-bond donors (Lipinski definition) is 2. The van der Waals surface area contributed by atoms with Gasteiger partial charge >= 0.3 is 35.5 Å². The van der Waals surface area contributed by atoms with Crippen LogP contribution in [0.1, 0.15) is 32.8 Å². The zero-order valence-electron chi connectivity index (χ0n) is 16.5. The molecule has 1 atom stereocenters. The number of hydrogen-bond acceptors (Lipinski definition) is 3. The van der Waals surface area contributed by atoms with Gasteiger partial charge in [0.15, 0.2) is 0 Å². The average Bonchev–Trinajstić information content (AvgIpc) is 2.44. The monoisotopic (exact) mass is 344 g/mol. The number of nitrogens with one attached hydrogen (secondary N) is 1. The van der Waals surface area contributed by atoms with Crippen molar-refractivity contribution in [1.82, 2.24) is 10.2 Å². The van der Waals surface area contributed by atoms with Crippen LogP contribution in [0.5, 0.6) is 0 Å². The fourth-order valence-electron chi connectivity index (χ4n) is 2.39. The molecule has 0 radical (unpaired) electrons. The quantitative estimate of drug-likeness (QED) is 0.568. The van der Waals surface area contributed by atoms with Gasteiger partial charge in [-0.05, 0) is 44.0 Å². The van der Waals surface area contributed by atoms with Crippen LogP contribution in [0, 0.1) is 5.92 Å². The Labute approximate surface area is 168 Å². The summed E-state index contributed by atoms with van der Waals surface area (Å²) in [6.45, 7) is 4.65. The first kappa shape index (κ1) is 23.1. The Bertz CT molecular complexity index is 522. The van der Waals surface area contributed by atoms with E-state index in [1.165, 1.54) is 5.56 Å². The van der Waals surface area contributed by atoms with E-state index in [2.05, 4.69) is 31.3 Å². The van der Waals surface area contributed by atoms with E-state index >= 15 is 0 Å². The molecule has 0 aromatic heterocycles. The number of rotatable bonds is 9. The van der Waals surface area contributed by atoms with Gasteiger partial charge in [-0.2, -0.15) is 0 Å². The molecule has 0 aliphatic rings. The molecule has 2 N–H and O–H groups in total. The van der Waals surface area contributed by atoms with Gasteiger partial charge in [0.2, 0.25) is 5.91 Å². The molecule has 130 valence electrons. The summed E-state index contributed by atoms with van der Waals surface area (Å²) >= 11 is 0. The third-order valence-electron chi connectivity index (χ3n) is 3.49. The Morgan fingerprint density at radius 1 is 1.17 bits per heavy atom. The van der Waals surface area contributed by atoms with E-state index in [0.29, 0.717) is 18.8 Å². The summed E-state index contributed by atoms with van der Waals surface area (Å²) in [7, 11) is 3.56. The minimum atomic E-state index is -1.01. The molecule has 0 aliphatic carbocycles. The van der Waals surface area contributed by atoms with E-state index < -0.39 is 12.0 Å². The molecule has 6 heteroatoms. The van der Waals surface area contributed by atoms with Crippen LogP contribution >= 0.6 is 0 Å². The third-order valence-corrected chi connectivity index (χ3v) is 3.49. The van der Waals surface area contributed by atoms with Crippen LogP contribution in [-0.4, -0.2) is 48.6 Å². The van der Waals surface area contributed by atoms with Crippen molar-refractivity contribution in [3.05, 3.63) is 35.4 Å². The predicted octanol–water partition coefficient (Wildman–Crippen LogP) is -0.935. The summed E-state index contributed by atoms with van der Waals surface area (Å²) in [6.07, 6.45) is 1.95. The smallest absolute Gasteiger partial charge is 1.00 e. The van der Waals surface area contributed by atoms with Crippen LogP contribution in [0.3, 0.4) is 0 Å². The number of carboxylic acids is 1. The maximum absolute atomic E-state index is 11.9. The number of carboxylic acid groups (broad SMARTS) is 1. The van der Waals surface area contributed by atoms with Crippen LogP contribution in [0.2, 0.25) is 0 Å². The molecular weight excluding hydrogens is 315 g/mol. The van der Waals surface area contributed by atoms with Crippen molar-refractivity contribution in [3.63, 3.8) is 0 Å². The number of likely N-dealkylation sites (N-methyl/N-ethyl adjacent to an activating group) is 1. The zero-order valence-corrected chi connectivity index (χ0v) is 17.5. The van der Waals surface area contributed by atoms with Crippen LogP contribution in [0.4, 0.5) is 0 Å². The summed E-state index contributed by atoms with van der Waals surface area (Å²) in [5.74, 6) is -0.619. The Hall–Kier alpha value is -0.880. The number of aliphatic carboxylic acids is 1. The van der Waals surface area contributed by atoms with E-state index in [1.807, 2.05) is 12.1 Å². The Morgan fingerprint density at radius 2 is 1.71 bits per heavy atom. The van der Waals surface area contributed by atoms with Crippen LogP contribution in [-0.2, 0) is 22.4 Å². The maximum atomic E-state index is 11.9. The molecule has 0 saturated heterocycles. The van der Waals surface area contributed by atoms with Gasteiger partial charge in [-0.3, -0.25) is 4.79 Å². The zero-order chi connectivity index (χ0) is 17.4. The minimum absolute atomic E-state index is 0. The summed E-state index contributed by atoms with van der Waals surface area (Å²) in [4.78, 5) is 24.8. The second kappa shape index (κ2) is 11.6. The Kier molecular flexibility index (Phi) is 11.2. The maximum Gasteiger partial charge on any atom is 1.00 e. The molecule has 0 heterocycles. The minimum Gasteiger partial charge on any atom is -1.00 e. The van der Waals surface area contributed by atoms with Crippen LogP contribution in [0.25, 0.3) is 0 Å². The molecular formula is C18H29N2NaO3. The van der Waals surface area contributed by atoms with Crippen LogP contribution in [0.15, 0.2) is 24.3 Å². The molecule has 1 aromatic carbocycles. The summed E-state index contributed by atoms with van der Waals surface area (Å²) < 4.78 is 0. The van der Waals surface area contributed by atoms with Crippen molar-refractivity contribution in [2.75, 3.05) is 20.6 Å². The summed E-state index contributed by atoms with van der Waals surface area (Å²) in [6, 6.07) is 7.41. The van der Waals surface area contributed by atoms with Crippen molar-refractivity contribution in [2.24, 2.45) is 5.92 Å². The van der Waals surface area contributed by atoms with Crippen molar-refractivity contribution >= 4 is 11.9 Å². The molecule has 1 aromatic rings. The molecule has 0 bridgehead atoms. The van der Waals surface area contributed by atoms with Gasteiger partial charge in [-0.25, -0.2) is 4.79 Å². The summed E-state index contributed by atoms with van der Waals surface area (Å²) in [5, 5.41) is 11.7. The fourth-order valence-corrected chi connectivity index (χ4v) is 2.39. The Morgan fingerprint density at radius 3 is 2.17 bits per heavy atom. The normalized spacial score (nSPS) is 11.9. The van der Waals surface area contributed by atoms with Crippen molar-refractivity contribution in [3.8, 4) is 0 Å². The molecule has 1 unspecified atom stereocenters. The second-order valence-corrected chi connectivity index (χ2v) is 6.64. The number of benzene rings is 1. The third kappa shape index (κ3) is 9.42. The average molecular weight is 344 g/mol. The van der Waals surface area contributed by atoms with Gasteiger partial charge in [0.25, 0.3) is 0 Å². The topological polar surface area (TPSA) is 69.6 Å². The van der Waals surface area contributed by atoms with E-state index in [1.54, 1.807) is 19.0 Å². The molecule has 0 fully saturated rings. The number of aryl methyl sites for hydroxylation is 1. The molecule has 0 aliphatic heterocycles. The van der Waals surface area contributed by atoms with Crippen molar-refractivity contribution in [1.29, 1.82) is 0 Å². The Balaban J connectivity index is 0. The second-order valence-electron chi connectivity index (χ2n) is 6.64. The van der Waals surface area contributed by atoms with Crippen LogP contribution < -0.4 is 34.9 Å². The van der Waals surface area contributed by atoms with Crippen molar-refractivity contribution in [2.45, 2.75) is 39.2 Å². The van der Waals surface area contributed by atoms with Gasteiger partial charge < -0.3 is 16.7 Å². The molecule has 0 spiro atoms. The first-order valence-electron chi connectivity index (χ1n) is 8.02. The number of nitrogens with zero attached hydrogens (tertiary/aromatic N) is 1. The van der Waals surface area contributed by atoms with E-state index in [4.69, 9.17) is 5.11 Å². The number of carbonyl (C=O) groups excluding carboxylic acids is 1. The van der Waals surface area contributed by atoms with Gasteiger partial charge in [0, 0.05) is 13.0 Å². The summed E-state index contributed by atoms with van der Waals surface area (Å²) in [5.41, 5.74) is 2.39. The molecule has 0 saturated carbocycles. The predicted molar refractivity (Wildman–Crippen MR) is 92.5 cm³/mol. The number of carbonyl (C=O) groups is 2. The van der Waals surface area contributed by atoms with E-state index in [-0.39, 0.29) is 43.4 Å².